The molecule has 1 aliphatic rings. The van der Waals surface area contributed by atoms with Crippen LogP contribution in [0.1, 0.15) is 46.2 Å². The van der Waals surface area contributed by atoms with Gasteiger partial charge in [-0.05, 0) is 24.7 Å². The van der Waals surface area contributed by atoms with E-state index in [0.717, 1.165) is 25.2 Å². The van der Waals surface area contributed by atoms with Crippen molar-refractivity contribution < 1.29 is 24.7 Å². The quantitative estimate of drug-likeness (QED) is 0.490. The van der Waals surface area contributed by atoms with Gasteiger partial charge in [0.2, 0.25) is 0 Å². The van der Waals surface area contributed by atoms with Crippen LogP contribution in [0.3, 0.4) is 0 Å². The molecule has 2 N–H and O–H groups in total. The van der Waals surface area contributed by atoms with Crippen molar-refractivity contribution in [2.24, 2.45) is 5.41 Å². The molecule has 1 unspecified atom stereocenters. The Bertz CT molecular complexity index is 883. The Morgan fingerprint density at radius 3 is 2.33 bits per heavy atom. The molecule has 0 spiro atoms. The van der Waals surface area contributed by atoms with Crippen LogP contribution in [0.15, 0.2) is 29.5 Å². The zero-order valence-electron chi connectivity index (χ0n) is 18.0. The summed E-state index contributed by atoms with van der Waals surface area (Å²) in [5, 5.41) is 31.7. The monoisotopic (exact) mass is 419 g/mol. The second-order valence-electron chi connectivity index (χ2n) is 8.27. The minimum absolute atomic E-state index is 0.0768. The largest absolute Gasteiger partial charge is 0.503 e. The van der Waals surface area contributed by atoms with E-state index in [1.54, 1.807) is 20.8 Å². The Labute approximate surface area is 175 Å². The number of carbonyl (C=O) groups excluding carboxylic acids is 2. The normalized spacial score (nSPS) is 17.2. The zero-order chi connectivity index (χ0) is 22.8. The highest BCUT2D eigenvalue weighted by molar-refractivity contribution is 6.10. The van der Waals surface area contributed by atoms with Gasteiger partial charge in [-0.2, -0.15) is 0 Å². The van der Waals surface area contributed by atoms with Gasteiger partial charge in [-0.15, -0.1) is 0 Å². The molecule has 1 heterocycles. The fourth-order valence-electron chi connectivity index (χ4n) is 3.51. The molecule has 1 aromatic rings. The van der Waals surface area contributed by atoms with Crippen LogP contribution < -0.4 is 0 Å². The van der Waals surface area contributed by atoms with Crippen LogP contribution in [0, 0.1) is 15.5 Å². The molecule has 0 radical (unpaired) electrons. The van der Waals surface area contributed by atoms with E-state index in [0.29, 0.717) is 6.54 Å². The number of hydrogen-bond donors (Lipinski definition) is 2. The fourth-order valence-corrected chi connectivity index (χ4v) is 3.51. The van der Waals surface area contributed by atoms with Crippen molar-refractivity contribution in [3.8, 4) is 5.75 Å². The van der Waals surface area contributed by atoms with Crippen LogP contribution in [0.4, 0.5) is 5.69 Å². The summed E-state index contributed by atoms with van der Waals surface area (Å²) in [6.07, 6.45) is 0. The first-order valence-corrected chi connectivity index (χ1v) is 9.92. The number of amides is 1. The molecular formula is C21H29N3O6. The van der Waals surface area contributed by atoms with E-state index in [9.17, 15) is 29.9 Å². The number of benzene rings is 1. The molecule has 0 bridgehead atoms. The first-order chi connectivity index (χ1) is 13.9. The van der Waals surface area contributed by atoms with Crippen molar-refractivity contribution in [1.82, 2.24) is 9.80 Å². The van der Waals surface area contributed by atoms with Crippen molar-refractivity contribution in [1.29, 1.82) is 0 Å². The molecule has 9 nitrogen and oxygen atoms in total. The van der Waals surface area contributed by atoms with Crippen LogP contribution in [0.5, 0.6) is 5.75 Å². The minimum atomic E-state index is -0.973. The number of aromatic hydroxyl groups is 1. The van der Waals surface area contributed by atoms with E-state index in [2.05, 4.69) is 4.90 Å². The Balaban J connectivity index is 2.59. The van der Waals surface area contributed by atoms with Gasteiger partial charge >= 0.3 is 5.69 Å². The molecule has 0 saturated carbocycles. The lowest BCUT2D eigenvalue weighted by atomic mass is 9.82. The van der Waals surface area contributed by atoms with E-state index < -0.39 is 45.3 Å². The second kappa shape index (κ2) is 8.83. The Hall–Kier alpha value is -2.94. The molecule has 2 rings (SSSR count). The lowest BCUT2D eigenvalue weighted by molar-refractivity contribution is -0.385. The van der Waals surface area contributed by atoms with Crippen molar-refractivity contribution in [2.45, 2.75) is 40.7 Å². The van der Waals surface area contributed by atoms with Crippen molar-refractivity contribution in [2.75, 3.05) is 26.2 Å². The predicted octanol–water partition coefficient (Wildman–Crippen LogP) is 2.95. The van der Waals surface area contributed by atoms with Crippen molar-refractivity contribution >= 4 is 17.4 Å². The third-order valence-corrected chi connectivity index (χ3v) is 5.29. The molecule has 1 aromatic carbocycles. The van der Waals surface area contributed by atoms with Gasteiger partial charge in [0.15, 0.2) is 17.3 Å². The van der Waals surface area contributed by atoms with Crippen LogP contribution in [0.2, 0.25) is 0 Å². The maximum atomic E-state index is 13.1. The first-order valence-electron chi connectivity index (χ1n) is 9.92. The number of phenols is 1. The molecule has 1 atom stereocenters. The number of hydrogen-bond acceptors (Lipinski definition) is 7. The Kier molecular flexibility index (Phi) is 6.87. The maximum absolute atomic E-state index is 13.1. The number of rotatable bonds is 8. The predicted molar refractivity (Wildman–Crippen MR) is 111 cm³/mol. The first kappa shape index (κ1) is 23.3. The van der Waals surface area contributed by atoms with Gasteiger partial charge in [0.1, 0.15) is 0 Å². The summed E-state index contributed by atoms with van der Waals surface area (Å²) in [4.78, 5) is 40.0. The van der Waals surface area contributed by atoms with Crippen molar-refractivity contribution in [3.05, 3.63) is 45.2 Å². The van der Waals surface area contributed by atoms with Gasteiger partial charge < -0.3 is 20.0 Å². The average molecular weight is 419 g/mol. The lowest BCUT2D eigenvalue weighted by Crippen LogP contribution is -2.39. The highest BCUT2D eigenvalue weighted by Crippen LogP contribution is 2.42. The van der Waals surface area contributed by atoms with Crippen molar-refractivity contribution in [3.63, 3.8) is 0 Å². The number of aliphatic hydroxyl groups is 1. The molecule has 0 fully saturated rings. The summed E-state index contributed by atoms with van der Waals surface area (Å²) in [5.74, 6) is -2.25. The number of Topliss-reactive ketones (excluding diaryl/α,β-unsaturated/α-hetero) is 1. The smallest absolute Gasteiger partial charge is 0.311 e. The highest BCUT2D eigenvalue weighted by atomic mass is 16.6. The van der Waals surface area contributed by atoms with Gasteiger partial charge in [-0.25, -0.2) is 0 Å². The summed E-state index contributed by atoms with van der Waals surface area (Å²) in [6, 6.07) is 2.76. The summed E-state index contributed by atoms with van der Waals surface area (Å²) in [7, 11) is 0. The van der Waals surface area contributed by atoms with Crippen LogP contribution in [-0.4, -0.2) is 62.8 Å². The summed E-state index contributed by atoms with van der Waals surface area (Å²) in [5.41, 5.74) is -1.20. The minimum Gasteiger partial charge on any atom is -0.503 e. The summed E-state index contributed by atoms with van der Waals surface area (Å²) >= 11 is 0. The van der Waals surface area contributed by atoms with E-state index in [1.165, 1.54) is 11.0 Å². The number of nitro benzene ring substituents is 1. The fraction of sp³-hybridized carbons (Fsp3) is 0.524. The van der Waals surface area contributed by atoms with Gasteiger partial charge in [0, 0.05) is 24.6 Å². The van der Waals surface area contributed by atoms with E-state index in [4.69, 9.17) is 0 Å². The molecule has 164 valence electrons. The number of nitrogens with zero attached hydrogens (tertiary/aromatic N) is 3. The number of aliphatic hydroxyl groups excluding tert-OH is 1. The molecule has 0 saturated heterocycles. The highest BCUT2D eigenvalue weighted by Gasteiger charge is 2.46. The average Bonchev–Trinajstić information content (AvgIpc) is 2.92. The molecule has 30 heavy (non-hydrogen) atoms. The van der Waals surface area contributed by atoms with E-state index in [1.807, 2.05) is 13.8 Å². The summed E-state index contributed by atoms with van der Waals surface area (Å²) < 4.78 is 0. The van der Waals surface area contributed by atoms with Crippen LogP contribution >= 0.6 is 0 Å². The second-order valence-corrected chi connectivity index (χ2v) is 8.27. The standard InChI is InChI=1S/C21H29N3O6/c1-6-22(7-2)10-11-23-17(13-8-9-15(25)14(12-13)24(29)30)16(18(26)20(23)28)19(27)21(3,4)5/h8-9,12,17,25-26H,6-7,10-11H2,1-5H3. The third kappa shape index (κ3) is 4.46. The van der Waals surface area contributed by atoms with Crippen LogP contribution in [-0.2, 0) is 9.59 Å². The van der Waals surface area contributed by atoms with E-state index >= 15 is 0 Å². The van der Waals surface area contributed by atoms with Gasteiger partial charge in [0.25, 0.3) is 5.91 Å². The van der Waals surface area contributed by atoms with Gasteiger partial charge in [0.05, 0.1) is 16.5 Å². The third-order valence-electron chi connectivity index (χ3n) is 5.29. The van der Waals surface area contributed by atoms with Gasteiger partial charge in [-0.3, -0.25) is 19.7 Å². The SMILES string of the molecule is CCN(CC)CCN1C(=O)C(O)=C(C(=O)C(C)(C)C)C1c1ccc(O)c([N+](=O)[O-])c1. The number of phenolic OH excluding ortho intramolecular Hbond substituents is 1. The topological polar surface area (TPSA) is 124 Å². The van der Waals surface area contributed by atoms with Crippen LogP contribution in [0.25, 0.3) is 0 Å². The molecule has 9 heteroatoms. The van der Waals surface area contributed by atoms with E-state index in [-0.39, 0.29) is 17.7 Å². The number of carbonyl (C=O) groups is 2. The number of ketones is 1. The number of nitro groups is 1. The lowest BCUT2D eigenvalue weighted by Gasteiger charge is -2.30. The molecule has 1 aliphatic heterocycles. The molecule has 0 aromatic heterocycles. The zero-order valence-corrected chi connectivity index (χ0v) is 18.0. The molecule has 1 amide bonds. The Morgan fingerprint density at radius 2 is 1.83 bits per heavy atom. The molecule has 0 aliphatic carbocycles. The molecular weight excluding hydrogens is 390 g/mol. The maximum Gasteiger partial charge on any atom is 0.311 e. The van der Waals surface area contributed by atoms with Gasteiger partial charge in [-0.1, -0.05) is 40.7 Å². The Morgan fingerprint density at radius 1 is 1.23 bits per heavy atom. The number of likely N-dealkylation sites (N-methyl/N-ethyl adjacent to an activating group) is 1. The summed E-state index contributed by atoms with van der Waals surface area (Å²) in [6.45, 7) is 11.3.